The van der Waals surface area contributed by atoms with Gasteiger partial charge in [0.05, 0.1) is 16.8 Å². The highest BCUT2D eigenvalue weighted by molar-refractivity contribution is 5.91. The van der Waals surface area contributed by atoms with Crippen molar-refractivity contribution in [2.45, 2.75) is 13.8 Å². The van der Waals surface area contributed by atoms with Crippen molar-refractivity contribution in [3.8, 4) is 0 Å². The Morgan fingerprint density at radius 1 is 1.00 bits per heavy atom. The van der Waals surface area contributed by atoms with Gasteiger partial charge in [-0.05, 0) is 32.0 Å². The normalized spacial score (nSPS) is 15.4. The van der Waals surface area contributed by atoms with Crippen molar-refractivity contribution in [3.05, 3.63) is 42.0 Å². The molecule has 0 spiro atoms. The van der Waals surface area contributed by atoms with Gasteiger partial charge >= 0.3 is 0 Å². The lowest BCUT2D eigenvalue weighted by Gasteiger charge is -2.37. The maximum atomic E-state index is 5.35. The summed E-state index contributed by atoms with van der Waals surface area (Å²) in [5.41, 5.74) is 4.91. The third kappa shape index (κ3) is 2.50. The van der Waals surface area contributed by atoms with Crippen molar-refractivity contribution >= 4 is 22.5 Å². The number of nitrogens with zero attached hydrogens (tertiary/aromatic N) is 5. The van der Waals surface area contributed by atoms with Gasteiger partial charge in [0.2, 0.25) is 0 Å². The van der Waals surface area contributed by atoms with Gasteiger partial charge in [-0.3, -0.25) is 4.98 Å². The zero-order valence-corrected chi connectivity index (χ0v) is 13.4. The summed E-state index contributed by atoms with van der Waals surface area (Å²) >= 11 is 0. The first-order valence-corrected chi connectivity index (χ1v) is 7.86. The molecule has 1 saturated heterocycles. The molecule has 3 aromatic rings. The van der Waals surface area contributed by atoms with Gasteiger partial charge in [-0.25, -0.2) is 4.98 Å². The SMILES string of the molecule is Cc1cc(N2CCN(c3ccncc3)CC2)c2c(C)noc2n1. The van der Waals surface area contributed by atoms with Gasteiger partial charge in [0.25, 0.3) is 5.71 Å². The number of hydrogen-bond donors (Lipinski definition) is 0. The van der Waals surface area contributed by atoms with E-state index in [9.17, 15) is 0 Å². The summed E-state index contributed by atoms with van der Waals surface area (Å²) in [6.07, 6.45) is 3.69. The zero-order valence-electron chi connectivity index (χ0n) is 13.4. The minimum absolute atomic E-state index is 0.633. The van der Waals surface area contributed by atoms with Gasteiger partial charge in [-0.15, -0.1) is 0 Å². The van der Waals surface area contributed by atoms with Crippen LogP contribution in [-0.4, -0.2) is 41.3 Å². The topological polar surface area (TPSA) is 58.3 Å². The Kier molecular flexibility index (Phi) is 3.37. The maximum absolute atomic E-state index is 5.35. The highest BCUT2D eigenvalue weighted by Crippen LogP contribution is 2.30. The predicted octanol–water partition coefficient (Wildman–Crippen LogP) is 2.56. The molecule has 4 heterocycles. The Morgan fingerprint density at radius 3 is 2.43 bits per heavy atom. The summed E-state index contributed by atoms with van der Waals surface area (Å²) in [5, 5.41) is 5.11. The summed E-state index contributed by atoms with van der Waals surface area (Å²) in [6, 6.07) is 6.26. The number of fused-ring (bicyclic) bond motifs is 1. The number of rotatable bonds is 2. The number of anilines is 2. The second-order valence-corrected chi connectivity index (χ2v) is 5.91. The molecular weight excluding hydrogens is 290 g/mol. The van der Waals surface area contributed by atoms with Gasteiger partial charge in [0.15, 0.2) is 0 Å². The summed E-state index contributed by atoms with van der Waals surface area (Å²) in [7, 11) is 0. The van der Waals surface area contributed by atoms with E-state index in [1.54, 1.807) is 0 Å². The quantitative estimate of drug-likeness (QED) is 0.725. The van der Waals surface area contributed by atoms with Gasteiger partial charge in [0, 0.05) is 50.0 Å². The van der Waals surface area contributed by atoms with Crippen LogP contribution in [0.2, 0.25) is 0 Å². The van der Waals surface area contributed by atoms with Crippen LogP contribution < -0.4 is 9.80 Å². The third-order valence-corrected chi connectivity index (χ3v) is 4.37. The highest BCUT2D eigenvalue weighted by Gasteiger charge is 2.22. The summed E-state index contributed by atoms with van der Waals surface area (Å²) in [5.74, 6) is 0. The van der Waals surface area contributed by atoms with Gasteiger partial charge in [-0.2, -0.15) is 0 Å². The fraction of sp³-hybridized carbons (Fsp3) is 0.353. The molecule has 0 aromatic carbocycles. The lowest BCUT2D eigenvalue weighted by Crippen LogP contribution is -2.46. The lowest BCUT2D eigenvalue weighted by molar-refractivity contribution is 0.442. The van der Waals surface area contributed by atoms with Gasteiger partial charge in [-0.1, -0.05) is 5.16 Å². The molecule has 0 N–H and O–H groups in total. The largest absolute Gasteiger partial charge is 0.368 e. The molecule has 0 amide bonds. The van der Waals surface area contributed by atoms with Crippen LogP contribution in [0.3, 0.4) is 0 Å². The maximum Gasteiger partial charge on any atom is 0.260 e. The molecule has 0 saturated carbocycles. The van der Waals surface area contributed by atoms with E-state index in [1.165, 1.54) is 11.4 Å². The molecule has 118 valence electrons. The fourth-order valence-electron chi connectivity index (χ4n) is 3.20. The second-order valence-electron chi connectivity index (χ2n) is 5.91. The van der Waals surface area contributed by atoms with E-state index in [0.717, 1.165) is 43.0 Å². The van der Waals surface area contributed by atoms with Crippen molar-refractivity contribution in [2.75, 3.05) is 36.0 Å². The van der Waals surface area contributed by atoms with Crippen LogP contribution in [-0.2, 0) is 0 Å². The average molecular weight is 309 g/mol. The van der Waals surface area contributed by atoms with Gasteiger partial charge < -0.3 is 14.3 Å². The number of piperazine rings is 1. The lowest BCUT2D eigenvalue weighted by atomic mass is 10.1. The molecule has 1 aliphatic heterocycles. The Bertz CT molecular complexity index is 822. The standard InChI is InChI=1S/C17H19N5O/c1-12-11-15(16-13(2)20-23-17(16)19-12)22-9-7-21(8-10-22)14-3-5-18-6-4-14/h3-6,11H,7-10H2,1-2H3. The number of hydrogen-bond acceptors (Lipinski definition) is 6. The van der Waals surface area contributed by atoms with Crippen LogP contribution in [0.5, 0.6) is 0 Å². The molecule has 0 atom stereocenters. The second kappa shape index (κ2) is 5.53. The van der Waals surface area contributed by atoms with Crippen molar-refractivity contribution in [3.63, 3.8) is 0 Å². The number of aromatic nitrogens is 3. The van der Waals surface area contributed by atoms with E-state index in [4.69, 9.17) is 4.52 Å². The van der Waals surface area contributed by atoms with E-state index in [-0.39, 0.29) is 0 Å². The Morgan fingerprint density at radius 2 is 1.70 bits per heavy atom. The molecule has 23 heavy (non-hydrogen) atoms. The van der Waals surface area contributed by atoms with Gasteiger partial charge in [0.1, 0.15) is 0 Å². The number of pyridine rings is 2. The van der Waals surface area contributed by atoms with Crippen LogP contribution >= 0.6 is 0 Å². The van der Waals surface area contributed by atoms with Crippen molar-refractivity contribution < 1.29 is 4.52 Å². The molecule has 0 aliphatic carbocycles. The van der Waals surface area contributed by atoms with Crippen LogP contribution in [0.25, 0.3) is 11.1 Å². The van der Waals surface area contributed by atoms with Crippen LogP contribution in [0.4, 0.5) is 11.4 Å². The molecule has 3 aromatic heterocycles. The summed E-state index contributed by atoms with van der Waals surface area (Å²) in [6.45, 7) is 7.86. The minimum atomic E-state index is 0.633. The fourth-order valence-corrected chi connectivity index (χ4v) is 3.20. The van der Waals surface area contributed by atoms with E-state index in [0.29, 0.717) is 5.71 Å². The summed E-state index contributed by atoms with van der Waals surface area (Å²) in [4.78, 5) is 13.3. The molecule has 0 radical (unpaired) electrons. The zero-order chi connectivity index (χ0) is 15.8. The molecule has 4 rings (SSSR count). The molecule has 1 fully saturated rings. The first kappa shape index (κ1) is 14.0. The highest BCUT2D eigenvalue weighted by atomic mass is 16.5. The molecule has 6 heteroatoms. The van der Waals surface area contributed by atoms with Crippen molar-refractivity contribution in [1.82, 2.24) is 15.1 Å². The van der Waals surface area contributed by atoms with Crippen LogP contribution in [0.15, 0.2) is 35.1 Å². The molecule has 6 nitrogen and oxygen atoms in total. The third-order valence-electron chi connectivity index (χ3n) is 4.37. The Labute approximate surface area is 134 Å². The molecule has 1 aliphatic rings. The molecular formula is C17H19N5O. The van der Waals surface area contributed by atoms with E-state index in [1.807, 2.05) is 26.2 Å². The van der Waals surface area contributed by atoms with Crippen molar-refractivity contribution in [2.24, 2.45) is 0 Å². The molecule has 0 unspecified atom stereocenters. The monoisotopic (exact) mass is 309 g/mol. The van der Waals surface area contributed by atoms with Crippen molar-refractivity contribution in [1.29, 1.82) is 0 Å². The molecule has 0 bridgehead atoms. The Hall–Kier alpha value is -2.63. The minimum Gasteiger partial charge on any atom is -0.368 e. The van der Waals surface area contributed by atoms with Crippen LogP contribution in [0.1, 0.15) is 11.4 Å². The summed E-state index contributed by atoms with van der Waals surface area (Å²) < 4.78 is 5.35. The average Bonchev–Trinajstić information content (AvgIpc) is 2.96. The smallest absolute Gasteiger partial charge is 0.260 e. The number of aryl methyl sites for hydroxylation is 2. The Balaban J connectivity index is 1.60. The van der Waals surface area contributed by atoms with E-state index < -0.39 is 0 Å². The first-order chi connectivity index (χ1) is 11.2. The predicted molar refractivity (Wildman–Crippen MR) is 89.9 cm³/mol. The van der Waals surface area contributed by atoms with Crippen LogP contribution in [0, 0.1) is 13.8 Å². The first-order valence-electron chi connectivity index (χ1n) is 7.86. The van der Waals surface area contributed by atoms with E-state index in [2.05, 4.69) is 43.1 Å². The van der Waals surface area contributed by atoms with E-state index >= 15 is 0 Å².